The highest BCUT2D eigenvalue weighted by atomic mass is 16.5. The van der Waals surface area contributed by atoms with E-state index in [0.29, 0.717) is 12.3 Å². The first kappa shape index (κ1) is 10.9. The highest BCUT2D eigenvalue weighted by Crippen LogP contribution is 2.06. The van der Waals surface area contributed by atoms with Crippen molar-refractivity contribution in [1.82, 2.24) is 5.43 Å². The standard InChI is InChI=1S/C7H14N2O3/c1-3-6(2)4-7(10)12-5-8-9-11/h6H,3-5H2,1-2H3,(H,8,11). The molecule has 12 heavy (non-hydrogen) atoms. The summed E-state index contributed by atoms with van der Waals surface area (Å²) in [5, 5.41) is 2.33. The number of nitrogens with one attached hydrogen (secondary N) is 1. The van der Waals surface area contributed by atoms with Crippen molar-refractivity contribution in [1.29, 1.82) is 0 Å². The van der Waals surface area contributed by atoms with Gasteiger partial charge < -0.3 is 4.74 Å². The summed E-state index contributed by atoms with van der Waals surface area (Å²) in [5.41, 5.74) is 2.00. The molecule has 1 atom stereocenters. The van der Waals surface area contributed by atoms with E-state index in [1.165, 1.54) is 0 Å². The second-order valence-electron chi connectivity index (χ2n) is 2.63. The molecule has 0 saturated heterocycles. The van der Waals surface area contributed by atoms with Crippen molar-refractivity contribution in [3.63, 3.8) is 0 Å². The van der Waals surface area contributed by atoms with Crippen molar-refractivity contribution < 1.29 is 9.53 Å². The Balaban J connectivity index is 3.39. The topological polar surface area (TPSA) is 67.8 Å². The average Bonchev–Trinajstić information content (AvgIpc) is 2.05. The molecule has 5 heteroatoms. The minimum atomic E-state index is -0.305. The summed E-state index contributed by atoms with van der Waals surface area (Å²) in [4.78, 5) is 20.4. The van der Waals surface area contributed by atoms with Crippen molar-refractivity contribution in [2.24, 2.45) is 11.2 Å². The van der Waals surface area contributed by atoms with Gasteiger partial charge in [-0.1, -0.05) is 20.3 Å². The van der Waals surface area contributed by atoms with Gasteiger partial charge in [0.1, 0.15) is 0 Å². The van der Waals surface area contributed by atoms with Gasteiger partial charge in [0.05, 0.1) is 5.29 Å². The van der Waals surface area contributed by atoms with E-state index in [-0.39, 0.29) is 12.7 Å². The average molecular weight is 174 g/mol. The summed E-state index contributed by atoms with van der Waals surface area (Å²) in [7, 11) is 0. The van der Waals surface area contributed by atoms with Crippen LogP contribution in [0.2, 0.25) is 0 Å². The van der Waals surface area contributed by atoms with Crippen molar-refractivity contribution in [3.05, 3.63) is 4.91 Å². The number of rotatable bonds is 6. The number of nitrogens with zero attached hydrogens (tertiary/aromatic N) is 1. The summed E-state index contributed by atoms with van der Waals surface area (Å²) in [6.45, 7) is 3.83. The third-order valence-corrected chi connectivity index (χ3v) is 1.57. The predicted molar refractivity (Wildman–Crippen MR) is 44.0 cm³/mol. The van der Waals surface area contributed by atoms with Crippen LogP contribution in [0.4, 0.5) is 0 Å². The molecule has 0 saturated carbocycles. The van der Waals surface area contributed by atoms with Crippen molar-refractivity contribution >= 4 is 5.97 Å². The van der Waals surface area contributed by atoms with E-state index in [0.717, 1.165) is 6.42 Å². The van der Waals surface area contributed by atoms with Gasteiger partial charge in [-0.05, 0) is 5.92 Å². The van der Waals surface area contributed by atoms with Crippen LogP contribution in [0, 0.1) is 10.8 Å². The summed E-state index contributed by atoms with van der Waals surface area (Å²) < 4.78 is 4.61. The molecule has 0 aromatic heterocycles. The number of hydrogen-bond donors (Lipinski definition) is 1. The molecule has 0 rings (SSSR count). The molecule has 0 bridgehead atoms. The van der Waals surface area contributed by atoms with Crippen molar-refractivity contribution in [2.45, 2.75) is 26.7 Å². The zero-order valence-corrected chi connectivity index (χ0v) is 7.37. The fraction of sp³-hybridized carbons (Fsp3) is 0.857. The predicted octanol–water partition coefficient (Wildman–Crippen LogP) is 1.19. The number of ether oxygens (including phenoxy) is 1. The molecule has 1 N–H and O–H groups in total. The molecule has 0 aliphatic rings. The lowest BCUT2D eigenvalue weighted by Crippen LogP contribution is -2.16. The van der Waals surface area contributed by atoms with Crippen LogP contribution in [-0.4, -0.2) is 12.7 Å². The number of esters is 1. The van der Waals surface area contributed by atoms with Gasteiger partial charge in [-0.2, -0.15) is 0 Å². The van der Waals surface area contributed by atoms with Crippen LogP contribution < -0.4 is 5.43 Å². The zero-order chi connectivity index (χ0) is 9.40. The molecule has 70 valence electrons. The first-order chi connectivity index (χ1) is 5.70. The molecule has 5 nitrogen and oxygen atoms in total. The highest BCUT2D eigenvalue weighted by Gasteiger charge is 2.07. The minimum absolute atomic E-state index is 0.140. The summed E-state index contributed by atoms with van der Waals surface area (Å²) in [6.07, 6.45) is 1.32. The van der Waals surface area contributed by atoms with Gasteiger partial charge in [-0.15, -0.1) is 4.91 Å². The smallest absolute Gasteiger partial charge is 0.307 e. The second kappa shape index (κ2) is 6.57. The molecule has 0 aromatic rings. The lowest BCUT2D eigenvalue weighted by Gasteiger charge is -2.06. The molecular weight excluding hydrogens is 160 g/mol. The van der Waals surface area contributed by atoms with Crippen molar-refractivity contribution in [2.75, 3.05) is 6.73 Å². The monoisotopic (exact) mass is 174 g/mol. The van der Waals surface area contributed by atoms with Crippen LogP contribution in [0.25, 0.3) is 0 Å². The van der Waals surface area contributed by atoms with E-state index in [1.54, 1.807) is 0 Å². The molecule has 0 aromatic carbocycles. The Hall–Kier alpha value is -1.13. The maximum atomic E-state index is 10.9. The van der Waals surface area contributed by atoms with E-state index in [9.17, 15) is 9.70 Å². The third kappa shape index (κ3) is 5.64. The van der Waals surface area contributed by atoms with Crippen LogP contribution in [0.15, 0.2) is 5.29 Å². The SMILES string of the molecule is CCC(C)CC(=O)OCNN=O. The van der Waals surface area contributed by atoms with Crippen LogP contribution >= 0.6 is 0 Å². The molecule has 0 aliphatic heterocycles. The Bertz CT molecular complexity index is 150. The number of carbonyl (C=O) groups excluding carboxylic acids is 1. The summed E-state index contributed by atoms with van der Waals surface area (Å²) >= 11 is 0. The lowest BCUT2D eigenvalue weighted by molar-refractivity contribution is -0.145. The van der Waals surface area contributed by atoms with Gasteiger partial charge in [0.2, 0.25) is 0 Å². The maximum Gasteiger partial charge on any atom is 0.307 e. The van der Waals surface area contributed by atoms with Gasteiger partial charge in [0, 0.05) is 6.42 Å². The zero-order valence-electron chi connectivity index (χ0n) is 7.37. The molecule has 0 spiro atoms. The first-order valence-electron chi connectivity index (χ1n) is 3.91. The van der Waals surface area contributed by atoms with Crippen LogP contribution in [0.3, 0.4) is 0 Å². The van der Waals surface area contributed by atoms with E-state index in [4.69, 9.17) is 0 Å². The minimum Gasteiger partial charge on any atom is -0.443 e. The molecule has 0 fully saturated rings. The van der Waals surface area contributed by atoms with Gasteiger partial charge in [0.15, 0.2) is 6.73 Å². The molecule has 0 aliphatic carbocycles. The Labute approximate surface area is 71.4 Å². The quantitative estimate of drug-likeness (QED) is 0.216. The first-order valence-corrected chi connectivity index (χ1v) is 3.91. The lowest BCUT2D eigenvalue weighted by atomic mass is 10.1. The van der Waals surface area contributed by atoms with Crippen LogP contribution in [0.1, 0.15) is 26.7 Å². The Morgan fingerprint density at radius 1 is 1.67 bits per heavy atom. The van der Waals surface area contributed by atoms with Gasteiger partial charge in [-0.3, -0.25) is 4.79 Å². The number of hydrogen-bond acceptors (Lipinski definition) is 4. The Morgan fingerprint density at radius 2 is 2.33 bits per heavy atom. The number of nitroso groups, excluding NO2 is 1. The molecule has 0 heterocycles. The number of carbonyl (C=O) groups is 1. The fourth-order valence-corrected chi connectivity index (χ4v) is 0.627. The molecule has 0 radical (unpaired) electrons. The third-order valence-electron chi connectivity index (χ3n) is 1.57. The fourth-order valence-electron chi connectivity index (χ4n) is 0.627. The molecule has 0 amide bonds. The van der Waals surface area contributed by atoms with E-state index in [2.05, 4.69) is 10.0 Å². The van der Waals surface area contributed by atoms with Gasteiger partial charge in [-0.25, -0.2) is 5.43 Å². The Kier molecular flexibility index (Phi) is 5.95. The maximum absolute atomic E-state index is 10.9. The van der Waals surface area contributed by atoms with E-state index < -0.39 is 0 Å². The summed E-state index contributed by atoms with van der Waals surface area (Å²) in [6, 6.07) is 0. The van der Waals surface area contributed by atoms with E-state index in [1.807, 2.05) is 19.3 Å². The van der Waals surface area contributed by atoms with Gasteiger partial charge >= 0.3 is 5.97 Å². The second-order valence-corrected chi connectivity index (χ2v) is 2.63. The van der Waals surface area contributed by atoms with Gasteiger partial charge in [0.25, 0.3) is 0 Å². The van der Waals surface area contributed by atoms with Crippen molar-refractivity contribution in [3.8, 4) is 0 Å². The normalized spacial score (nSPS) is 11.8. The Morgan fingerprint density at radius 3 is 2.83 bits per heavy atom. The summed E-state index contributed by atoms with van der Waals surface area (Å²) in [5.74, 6) is 0.0159. The van der Waals surface area contributed by atoms with Crippen LogP contribution in [0.5, 0.6) is 0 Å². The largest absolute Gasteiger partial charge is 0.443 e. The molecule has 1 unspecified atom stereocenters. The highest BCUT2D eigenvalue weighted by molar-refractivity contribution is 5.69. The molecular formula is C7H14N2O3. The van der Waals surface area contributed by atoms with E-state index >= 15 is 0 Å². The van der Waals surface area contributed by atoms with Crippen LogP contribution in [-0.2, 0) is 9.53 Å².